The van der Waals surface area contributed by atoms with Crippen molar-refractivity contribution in [3.63, 3.8) is 0 Å². The summed E-state index contributed by atoms with van der Waals surface area (Å²) in [5, 5.41) is 15.5. The van der Waals surface area contributed by atoms with Crippen LogP contribution in [0.3, 0.4) is 0 Å². The molecule has 2 N–H and O–H groups in total. The van der Waals surface area contributed by atoms with Gasteiger partial charge in [-0.3, -0.25) is 0 Å². The van der Waals surface area contributed by atoms with Gasteiger partial charge in [0, 0.05) is 17.0 Å². The summed E-state index contributed by atoms with van der Waals surface area (Å²) >= 11 is 1.54. The predicted octanol–water partition coefficient (Wildman–Crippen LogP) is 4.51. The van der Waals surface area contributed by atoms with Crippen molar-refractivity contribution in [2.24, 2.45) is 0 Å². The molecule has 0 aliphatic rings. The predicted molar refractivity (Wildman–Crippen MR) is 88.0 cm³/mol. The summed E-state index contributed by atoms with van der Waals surface area (Å²) in [6.45, 7) is 1.20. The van der Waals surface area contributed by atoms with E-state index >= 15 is 0 Å². The molecule has 1 aromatic carbocycles. The lowest BCUT2D eigenvalue weighted by Crippen LogP contribution is -2.30. The van der Waals surface area contributed by atoms with Gasteiger partial charge in [0.05, 0.1) is 6.10 Å². The van der Waals surface area contributed by atoms with E-state index in [1.165, 1.54) is 12.1 Å². The molecule has 126 valence electrons. The maximum Gasteiger partial charge on any atom is 0.387 e. The lowest BCUT2D eigenvalue weighted by atomic mass is 10.0. The van der Waals surface area contributed by atoms with Gasteiger partial charge in [-0.1, -0.05) is 18.2 Å². The number of aliphatic hydroxyl groups excluding tert-OH is 1. The highest BCUT2D eigenvalue weighted by Crippen LogP contribution is 2.24. The van der Waals surface area contributed by atoms with Crippen LogP contribution in [0.25, 0.3) is 0 Å². The minimum Gasteiger partial charge on any atom is -0.435 e. The van der Waals surface area contributed by atoms with Gasteiger partial charge in [0.1, 0.15) is 5.75 Å². The first-order chi connectivity index (χ1) is 11.0. The molecule has 2 rings (SSSR count). The number of hydrogen-bond acceptors (Lipinski definition) is 4. The van der Waals surface area contributed by atoms with E-state index in [2.05, 4.69) is 10.1 Å². The maximum atomic E-state index is 12.1. The van der Waals surface area contributed by atoms with E-state index < -0.39 is 12.7 Å². The number of thiophene rings is 1. The van der Waals surface area contributed by atoms with Crippen molar-refractivity contribution in [2.45, 2.75) is 45.1 Å². The Balaban J connectivity index is 1.86. The summed E-state index contributed by atoms with van der Waals surface area (Å²) < 4.78 is 28.6. The zero-order valence-corrected chi connectivity index (χ0v) is 13.9. The molecule has 0 saturated carbocycles. The van der Waals surface area contributed by atoms with Crippen molar-refractivity contribution in [2.75, 3.05) is 0 Å². The van der Waals surface area contributed by atoms with Gasteiger partial charge >= 0.3 is 6.61 Å². The fourth-order valence-electron chi connectivity index (χ4n) is 2.46. The molecule has 0 radical (unpaired) electrons. The fraction of sp³-hybridized carbons (Fsp3) is 0.412. The van der Waals surface area contributed by atoms with Gasteiger partial charge in [0.15, 0.2) is 0 Å². The summed E-state index contributed by atoms with van der Waals surface area (Å²) in [4.78, 5) is 0.958. The summed E-state index contributed by atoms with van der Waals surface area (Å²) in [6, 6.07) is 10.6. The van der Waals surface area contributed by atoms with Crippen molar-refractivity contribution in [1.29, 1.82) is 0 Å². The van der Waals surface area contributed by atoms with Crippen molar-refractivity contribution < 1.29 is 18.6 Å². The lowest BCUT2D eigenvalue weighted by molar-refractivity contribution is -0.0498. The molecule has 0 amide bonds. The summed E-state index contributed by atoms with van der Waals surface area (Å²) in [7, 11) is 0. The van der Waals surface area contributed by atoms with Gasteiger partial charge in [-0.15, -0.1) is 11.3 Å². The molecule has 0 aliphatic carbocycles. The Hall–Kier alpha value is -1.50. The first-order valence-corrected chi connectivity index (χ1v) is 8.36. The molecule has 0 bridgehead atoms. The van der Waals surface area contributed by atoms with Crippen molar-refractivity contribution >= 4 is 11.3 Å². The Bertz CT molecular complexity index is 575. The number of alkyl halides is 2. The van der Waals surface area contributed by atoms with E-state index in [0.717, 1.165) is 10.4 Å². The molecule has 3 unspecified atom stereocenters. The molecule has 0 fully saturated rings. The Morgan fingerprint density at radius 1 is 1.17 bits per heavy atom. The van der Waals surface area contributed by atoms with Gasteiger partial charge in [0.2, 0.25) is 0 Å². The van der Waals surface area contributed by atoms with E-state index in [1.807, 2.05) is 31.4 Å². The second-order valence-corrected chi connectivity index (χ2v) is 6.48. The third kappa shape index (κ3) is 5.57. The molecule has 6 heteroatoms. The van der Waals surface area contributed by atoms with Gasteiger partial charge < -0.3 is 15.2 Å². The van der Waals surface area contributed by atoms with Crippen LogP contribution in [0.15, 0.2) is 41.8 Å². The molecular formula is C17H21F2NO2S. The fourth-order valence-corrected chi connectivity index (χ4v) is 3.19. The first kappa shape index (κ1) is 17.8. The average Bonchev–Trinajstić information content (AvgIpc) is 3.01. The van der Waals surface area contributed by atoms with Gasteiger partial charge in [-0.2, -0.15) is 8.78 Å². The number of rotatable bonds is 8. The minimum atomic E-state index is -2.81. The number of benzene rings is 1. The maximum absolute atomic E-state index is 12.1. The highest BCUT2D eigenvalue weighted by Gasteiger charge is 2.16. The van der Waals surface area contributed by atoms with Gasteiger partial charge in [0.25, 0.3) is 0 Å². The Kier molecular flexibility index (Phi) is 6.50. The highest BCUT2D eigenvalue weighted by molar-refractivity contribution is 7.10. The molecule has 2 aromatic rings. The Labute approximate surface area is 138 Å². The zero-order chi connectivity index (χ0) is 16.8. The van der Waals surface area contributed by atoms with Crippen molar-refractivity contribution in [3.05, 3.63) is 52.2 Å². The largest absolute Gasteiger partial charge is 0.435 e. The van der Waals surface area contributed by atoms with Crippen LogP contribution in [0, 0.1) is 0 Å². The molecular weight excluding hydrogens is 320 g/mol. The SMILES string of the molecule is CC(CC(O)c1cccs1)NC(C)c1ccc(OC(F)F)cc1. The Morgan fingerprint density at radius 2 is 1.87 bits per heavy atom. The molecule has 23 heavy (non-hydrogen) atoms. The molecule has 1 heterocycles. The van der Waals surface area contributed by atoms with Crippen molar-refractivity contribution in [3.8, 4) is 5.75 Å². The molecule has 0 spiro atoms. The molecule has 3 atom stereocenters. The molecule has 0 aliphatic heterocycles. The first-order valence-electron chi connectivity index (χ1n) is 7.48. The van der Waals surface area contributed by atoms with Crippen LogP contribution in [0.5, 0.6) is 5.75 Å². The molecule has 1 aromatic heterocycles. The van der Waals surface area contributed by atoms with Crippen LogP contribution in [-0.4, -0.2) is 17.8 Å². The summed E-state index contributed by atoms with van der Waals surface area (Å²) in [5.74, 6) is 0.150. The van der Waals surface area contributed by atoms with E-state index in [0.29, 0.717) is 6.42 Å². The second kappa shape index (κ2) is 8.38. The smallest absolute Gasteiger partial charge is 0.387 e. The number of halogens is 2. The number of hydrogen-bond donors (Lipinski definition) is 2. The number of nitrogens with one attached hydrogen (secondary N) is 1. The van der Waals surface area contributed by atoms with E-state index in [1.54, 1.807) is 23.5 Å². The molecule has 3 nitrogen and oxygen atoms in total. The monoisotopic (exact) mass is 341 g/mol. The normalized spacial score (nSPS) is 15.4. The van der Waals surface area contributed by atoms with E-state index in [9.17, 15) is 13.9 Å². The average molecular weight is 341 g/mol. The van der Waals surface area contributed by atoms with E-state index in [4.69, 9.17) is 0 Å². The minimum absolute atomic E-state index is 0.0427. The highest BCUT2D eigenvalue weighted by atomic mass is 32.1. The lowest BCUT2D eigenvalue weighted by Gasteiger charge is -2.22. The Morgan fingerprint density at radius 3 is 2.43 bits per heavy atom. The third-order valence-corrected chi connectivity index (χ3v) is 4.56. The number of ether oxygens (including phenoxy) is 1. The zero-order valence-electron chi connectivity index (χ0n) is 13.1. The van der Waals surface area contributed by atoms with Crippen LogP contribution in [-0.2, 0) is 0 Å². The van der Waals surface area contributed by atoms with Crippen LogP contribution >= 0.6 is 11.3 Å². The summed E-state index contributed by atoms with van der Waals surface area (Å²) in [6.07, 6.45) is 0.128. The summed E-state index contributed by atoms with van der Waals surface area (Å²) in [5.41, 5.74) is 0.976. The van der Waals surface area contributed by atoms with Crippen molar-refractivity contribution in [1.82, 2.24) is 5.32 Å². The third-order valence-electron chi connectivity index (χ3n) is 3.59. The van der Waals surface area contributed by atoms with Crippen LogP contribution in [0.1, 0.15) is 42.9 Å². The topological polar surface area (TPSA) is 41.5 Å². The van der Waals surface area contributed by atoms with Crippen LogP contribution in [0.4, 0.5) is 8.78 Å². The van der Waals surface area contributed by atoms with Gasteiger partial charge in [-0.05, 0) is 49.4 Å². The molecule has 0 saturated heterocycles. The van der Waals surface area contributed by atoms with Gasteiger partial charge in [-0.25, -0.2) is 0 Å². The quantitative estimate of drug-likeness (QED) is 0.742. The standard InChI is InChI=1S/C17H21F2NO2S/c1-11(10-15(21)16-4-3-9-23-16)20-12(2)13-5-7-14(8-6-13)22-17(18)19/h3-9,11-12,15,17,20-21H,10H2,1-2H3. The van der Waals surface area contributed by atoms with Crippen LogP contribution in [0.2, 0.25) is 0 Å². The second-order valence-electron chi connectivity index (χ2n) is 5.50. The van der Waals surface area contributed by atoms with Crippen LogP contribution < -0.4 is 10.1 Å². The van der Waals surface area contributed by atoms with E-state index in [-0.39, 0.29) is 17.8 Å². The number of aliphatic hydroxyl groups is 1.